The molecular weight excluding hydrogens is 420 g/mol. The van der Waals surface area contributed by atoms with Crippen molar-refractivity contribution in [3.05, 3.63) is 101 Å². The third kappa shape index (κ3) is 4.13. The summed E-state index contributed by atoms with van der Waals surface area (Å²) in [5.41, 5.74) is 10.9. The molecule has 7 heteroatoms. The SMILES string of the molecule is Nc1c2c(-c3cccc(Cl)c3)nc(NCc3ccccc3)nc2nn1Cc1ccccc1. The molecule has 0 fully saturated rings. The van der Waals surface area contributed by atoms with E-state index in [1.165, 1.54) is 0 Å². The Morgan fingerprint density at radius 2 is 1.56 bits per heavy atom. The summed E-state index contributed by atoms with van der Waals surface area (Å²) in [5.74, 6) is 1.01. The number of hydrogen-bond acceptors (Lipinski definition) is 5. The van der Waals surface area contributed by atoms with Gasteiger partial charge in [-0.15, -0.1) is 5.10 Å². The molecule has 3 N–H and O–H groups in total. The van der Waals surface area contributed by atoms with Crippen molar-refractivity contribution in [3.63, 3.8) is 0 Å². The molecule has 32 heavy (non-hydrogen) atoms. The Morgan fingerprint density at radius 1 is 0.844 bits per heavy atom. The van der Waals surface area contributed by atoms with Crippen LogP contribution in [0.5, 0.6) is 0 Å². The maximum absolute atomic E-state index is 6.55. The van der Waals surface area contributed by atoms with Crippen LogP contribution in [-0.4, -0.2) is 19.7 Å². The average molecular weight is 441 g/mol. The topological polar surface area (TPSA) is 81.7 Å². The Balaban J connectivity index is 1.60. The molecule has 3 aromatic carbocycles. The van der Waals surface area contributed by atoms with Crippen molar-refractivity contribution in [2.75, 3.05) is 11.1 Å². The zero-order chi connectivity index (χ0) is 21.9. The fourth-order valence-corrected chi connectivity index (χ4v) is 3.82. The van der Waals surface area contributed by atoms with E-state index in [4.69, 9.17) is 27.4 Å². The van der Waals surface area contributed by atoms with E-state index < -0.39 is 0 Å². The second-order valence-corrected chi connectivity index (χ2v) is 7.91. The first-order valence-electron chi connectivity index (χ1n) is 10.3. The molecule has 6 nitrogen and oxygen atoms in total. The lowest BCUT2D eigenvalue weighted by molar-refractivity contribution is 0.703. The van der Waals surface area contributed by atoms with E-state index in [-0.39, 0.29) is 0 Å². The molecule has 0 aliphatic rings. The van der Waals surface area contributed by atoms with Gasteiger partial charge in [-0.3, -0.25) is 0 Å². The Kier molecular flexibility index (Phi) is 5.44. The van der Waals surface area contributed by atoms with E-state index in [1.54, 1.807) is 4.68 Å². The Morgan fingerprint density at radius 3 is 2.28 bits per heavy atom. The minimum Gasteiger partial charge on any atom is -0.383 e. The number of nitrogens with one attached hydrogen (secondary N) is 1. The largest absolute Gasteiger partial charge is 0.383 e. The van der Waals surface area contributed by atoms with E-state index in [0.29, 0.717) is 46.6 Å². The lowest BCUT2D eigenvalue weighted by atomic mass is 10.1. The molecule has 0 bridgehead atoms. The number of nitrogens with two attached hydrogens (primary N) is 1. The summed E-state index contributed by atoms with van der Waals surface area (Å²) in [7, 11) is 0. The monoisotopic (exact) mass is 440 g/mol. The maximum atomic E-state index is 6.55. The second kappa shape index (κ2) is 8.69. The van der Waals surface area contributed by atoms with Crippen molar-refractivity contribution < 1.29 is 0 Å². The summed E-state index contributed by atoms with van der Waals surface area (Å²) < 4.78 is 1.77. The number of hydrogen-bond donors (Lipinski definition) is 2. The number of halogens is 1. The van der Waals surface area contributed by atoms with Crippen molar-refractivity contribution in [3.8, 4) is 11.3 Å². The molecule has 0 aliphatic carbocycles. The third-order valence-electron chi connectivity index (χ3n) is 5.21. The highest BCUT2D eigenvalue weighted by molar-refractivity contribution is 6.30. The summed E-state index contributed by atoms with van der Waals surface area (Å²) in [6.07, 6.45) is 0. The first kappa shape index (κ1) is 20.0. The van der Waals surface area contributed by atoms with Gasteiger partial charge in [0.25, 0.3) is 0 Å². The predicted octanol–water partition coefficient (Wildman–Crippen LogP) is 5.39. The van der Waals surface area contributed by atoms with Gasteiger partial charge < -0.3 is 11.1 Å². The first-order valence-corrected chi connectivity index (χ1v) is 10.7. The van der Waals surface area contributed by atoms with Crippen LogP contribution in [0.3, 0.4) is 0 Å². The zero-order valence-corrected chi connectivity index (χ0v) is 18.0. The van der Waals surface area contributed by atoms with Crippen molar-refractivity contribution >= 4 is 34.4 Å². The Labute approximate surface area is 190 Å². The van der Waals surface area contributed by atoms with Crippen LogP contribution >= 0.6 is 11.6 Å². The minimum absolute atomic E-state index is 0.487. The highest BCUT2D eigenvalue weighted by Gasteiger charge is 2.18. The van der Waals surface area contributed by atoms with Gasteiger partial charge in [0.2, 0.25) is 5.95 Å². The van der Waals surface area contributed by atoms with Gasteiger partial charge in [-0.1, -0.05) is 84.4 Å². The van der Waals surface area contributed by atoms with Crippen LogP contribution in [0.25, 0.3) is 22.3 Å². The molecule has 0 spiro atoms. The number of nitrogen functional groups attached to an aromatic ring is 1. The van der Waals surface area contributed by atoms with Crippen LogP contribution < -0.4 is 11.1 Å². The lowest BCUT2D eigenvalue weighted by Crippen LogP contribution is -2.05. The number of aromatic nitrogens is 4. The summed E-state index contributed by atoms with van der Waals surface area (Å²) >= 11 is 6.27. The van der Waals surface area contributed by atoms with E-state index in [0.717, 1.165) is 16.7 Å². The maximum Gasteiger partial charge on any atom is 0.225 e. The first-order chi connectivity index (χ1) is 15.7. The molecule has 158 valence electrons. The Bertz CT molecular complexity index is 1370. The fraction of sp³-hybridized carbons (Fsp3) is 0.0800. The van der Waals surface area contributed by atoms with Crippen LogP contribution in [0.1, 0.15) is 11.1 Å². The zero-order valence-electron chi connectivity index (χ0n) is 17.2. The normalized spacial score (nSPS) is 11.0. The quantitative estimate of drug-likeness (QED) is 0.370. The molecule has 2 aromatic heterocycles. The second-order valence-electron chi connectivity index (χ2n) is 7.47. The third-order valence-corrected chi connectivity index (χ3v) is 5.44. The van der Waals surface area contributed by atoms with Gasteiger partial charge in [-0.05, 0) is 23.3 Å². The van der Waals surface area contributed by atoms with Gasteiger partial charge in [-0.25, -0.2) is 9.67 Å². The molecule has 2 heterocycles. The molecule has 0 saturated carbocycles. The molecule has 0 radical (unpaired) electrons. The van der Waals surface area contributed by atoms with Crippen LogP contribution in [0.4, 0.5) is 11.8 Å². The molecule has 0 unspecified atom stereocenters. The van der Waals surface area contributed by atoms with Gasteiger partial charge in [0.05, 0.1) is 17.6 Å². The Hall–Kier alpha value is -3.90. The number of benzene rings is 3. The van der Waals surface area contributed by atoms with Crippen LogP contribution in [0, 0.1) is 0 Å². The van der Waals surface area contributed by atoms with E-state index in [2.05, 4.69) is 22.4 Å². The highest BCUT2D eigenvalue weighted by Crippen LogP contribution is 2.33. The lowest BCUT2D eigenvalue weighted by Gasteiger charge is -2.09. The van der Waals surface area contributed by atoms with Crippen molar-refractivity contribution in [1.82, 2.24) is 19.7 Å². The molecule has 0 atom stereocenters. The van der Waals surface area contributed by atoms with E-state index in [9.17, 15) is 0 Å². The van der Waals surface area contributed by atoms with Crippen molar-refractivity contribution in [1.29, 1.82) is 0 Å². The van der Waals surface area contributed by atoms with Crippen molar-refractivity contribution in [2.24, 2.45) is 0 Å². The smallest absolute Gasteiger partial charge is 0.225 e. The number of nitrogens with zero attached hydrogens (tertiary/aromatic N) is 4. The fourth-order valence-electron chi connectivity index (χ4n) is 3.63. The predicted molar refractivity (Wildman–Crippen MR) is 129 cm³/mol. The standard InChI is InChI=1S/C25H21ClN6/c26-20-13-7-12-19(14-20)22-21-23(27)32(16-18-10-5-2-6-11-18)31-24(21)30-25(29-22)28-15-17-8-3-1-4-9-17/h1-14H,15-16,27H2,(H,28,30,31). The average Bonchev–Trinajstić information content (AvgIpc) is 3.13. The van der Waals surface area contributed by atoms with Crippen LogP contribution in [0.2, 0.25) is 5.02 Å². The van der Waals surface area contributed by atoms with Gasteiger partial charge >= 0.3 is 0 Å². The highest BCUT2D eigenvalue weighted by atomic mass is 35.5. The van der Waals surface area contributed by atoms with Gasteiger partial charge in [-0.2, -0.15) is 4.98 Å². The summed E-state index contributed by atoms with van der Waals surface area (Å²) in [5, 5.41) is 9.35. The number of anilines is 2. The van der Waals surface area contributed by atoms with E-state index >= 15 is 0 Å². The van der Waals surface area contributed by atoms with Crippen molar-refractivity contribution in [2.45, 2.75) is 13.1 Å². The van der Waals surface area contributed by atoms with Crippen LogP contribution in [-0.2, 0) is 13.1 Å². The van der Waals surface area contributed by atoms with Crippen LogP contribution in [0.15, 0.2) is 84.9 Å². The van der Waals surface area contributed by atoms with Gasteiger partial charge in [0.15, 0.2) is 5.65 Å². The summed E-state index contributed by atoms with van der Waals surface area (Å²) in [6, 6.07) is 27.7. The molecule has 0 aliphatic heterocycles. The number of fused-ring (bicyclic) bond motifs is 1. The molecule has 0 saturated heterocycles. The molecule has 0 amide bonds. The summed E-state index contributed by atoms with van der Waals surface area (Å²) in [6.45, 7) is 1.15. The number of rotatable bonds is 6. The van der Waals surface area contributed by atoms with Gasteiger partial charge in [0.1, 0.15) is 5.82 Å². The summed E-state index contributed by atoms with van der Waals surface area (Å²) in [4.78, 5) is 9.45. The molecular formula is C25H21ClN6. The molecule has 5 rings (SSSR count). The molecule has 5 aromatic rings. The minimum atomic E-state index is 0.487. The van der Waals surface area contributed by atoms with E-state index in [1.807, 2.05) is 72.8 Å². The van der Waals surface area contributed by atoms with Gasteiger partial charge in [0, 0.05) is 17.1 Å².